The molecule has 41 heavy (non-hydrogen) atoms. The van der Waals surface area contributed by atoms with Gasteiger partial charge in [0.1, 0.15) is 11.6 Å². The lowest BCUT2D eigenvalue weighted by atomic mass is 9.74. The van der Waals surface area contributed by atoms with E-state index in [2.05, 4.69) is 135 Å². The zero-order chi connectivity index (χ0) is 32.2. The standard InChI is InChI=1S/C19H36N2.C18H34N2/c1-10-13-18(7,8)14-15(19(9,11-2)12-3)21-16(20-14)17(4,5)6;1-10-17(7,8)13-14(18(9,11-2)12-3)20-15(19-13)16(4,5)6/h10-13H2,1-9H3,(H,20,21);10-12H2,1-9H3,(H,19,20). The van der Waals surface area contributed by atoms with E-state index in [9.17, 15) is 0 Å². The normalized spacial score (nSPS) is 13.8. The summed E-state index contributed by atoms with van der Waals surface area (Å²) < 4.78 is 0. The van der Waals surface area contributed by atoms with Crippen LogP contribution in [0, 0.1) is 0 Å². The first kappa shape index (κ1) is 37.4. The molecule has 0 atom stereocenters. The van der Waals surface area contributed by atoms with Crippen molar-refractivity contribution in [2.75, 3.05) is 0 Å². The molecule has 2 rings (SSSR count). The third-order valence-electron chi connectivity index (χ3n) is 10.2. The molecule has 238 valence electrons. The van der Waals surface area contributed by atoms with Crippen molar-refractivity contribution in [1.82, 2.24) is 19.9 Å². The van der Waals surface area contributed by atoms with Crippen molar-refractivity contribution in [3.8, 4) is 0 Å². The second-order valence-corrected chi connectivity index (χ2v) is 16.5. The lowest BCUT2D eigenvalue weighted by Gasteiger charge is -2.31. The Morgan fingerprint density at radius 1 is 0.463 bits per heavy atom. The molecule has 0 aliphatic heterocycles. The third-order valence-corrected chi connectivity index (χ3v) is 10.2. The Hall–Kier alpha value is -1.58. The van der Waals surface area contributed by atoms with Gasteiger partial charge in [0.15, 0.2) is 0 Å². The van der Waals surface area contributed by atoms with E-state index in [0.29, 0.717) is 0 Å². The van der Waals surface area contributed by atoms with E-state index >= 15 is 0 Å². The van der Waals surface area contributed by atoms with Gasteiger partial charge in [0, 0.05) is 43.9 Å². The fraction of sp³-hybridized carbons (Fsp3) is 0.838. The van der Waals surface area contributed by atoms with Crippen LogP contribution in [-0.4, -0.2) is 19.9 Å². The smallest absolute Gasteiger partial charge is 0.112 e. The molecule has 2 heterocycles. The maximum atomic E-state index is 5.08. The molecule has 0 bridgehead atoms. The maximum absolute atomic E-state index is 5.08. The summed E-state index contributed by atoms with van der Waals surface area (Å²) in [5, 5.41) is 0. The Labute approximate surface area is 256 Å². The van der Waals surface area contributed by atoms with Crippen LogP contribution in [-0.2, 0) is 32.5 Å². The van der Waals surface area contributed by atoms with Gasteiger partial charge in [-0.25, -0.2) is 9.97 Å². The minimum atomic E-state index is 0.0672. The van der Waals surface area contributed by atoms with Crippen molar-refractivity contribution in [1.29, 1.82) is 0 Å². The molecule has 2 aromatic rings. The molecular weight excluding hydrogens is 500 g/mol. The van der Waals surface area contributed by atoms with E-state index in [4.69, 9.17) is 9.97 Å². The Morgan fingerprint density at radius 2 is 0.780 bits per heavy atom. The number of hydrogen-bond acceptors (Lipinski definition) is 2. The molecule has 0 unspecified atom stereocenters. The number of nitrogens with zero attached hydrogens (tertiary/aromatic N) is 2. The fourth-order valence-electron chi connectivity index (χ4n) is 5.43. The van der Waals surface area contributed by atoms with Crippen LogP contribution < -0.4 is 0 Å². The molecule has 0 saturated heterocycles. The van der Waals surface area contributed by atoms with E-state index in [1.54, 1.807) is 0 Å². The van der Waals surface area contributed by atoms with Gasteiger partial charge >= 0.3 is 0 Å². The Balaban J connectivity index is 0.000000410. The zero-order valence-corrected chi connectivity index (χ0v) is 30.8. The van der Waals surface area contributed by atoms with Crippen LogP contribution in [0.2, 0.25) is 0 Å². The highest BCUT2D eigenvalue weighted by atomic mass is 15.0. The van der Waals surface area contributed by atoms with Gasteiger partial charge < -0.3 is 9.97 Å². The maximum Gasteiger partial charge on any atom is 0.112 e. The molecule has 0 radical (unpaired) electrons. The first-order valence-electron chi connectivity index (χ1n) is 16.8. The number of nitrogens with one attached hydrogen (secondary N) is 2. The van der Waals surface area contributed by atoms with E-state index in [1.165, 1.54) is 35.6 Å². The van der Waals surface area contributed by atoms with Gasteiger partial charge in [-0.15, -0.1) is 0 Å². The van der Waals surface area contributed by atoms with E-state index in [-0.39, 0.29) is 32.5 Å². The van der Waals surface area contributed by atoms with Gasteiger partial charge in [-0.05, 0) is 38.5 Å². The fourth-order valence-corrected chi connectivity index (χ4v) is 5.43. The SMILES string of the molecule is CCC(C)(C)c1nc(C(C)(C)C)[nH]c1C(C)(CC)CC.CCCC(C)(C)c1nc(C(C)(C)C)[nH]c1C(C)(CC)CC. The quantitative estimate of drug-likeness (QED) is 0.282. The van der Waals surface area contributed by atoms with Crippen LogP contribution in [0.5, 0.6) is 0 Å². The zero-order valence-electron chi connectivity index (χ0n) is 30.8. The highest BCUT2D eigenvalue weighted by molar-refractivity contribution is 5.32. The molecule has 0 aromatic carbocycles. The van der Waals surface area contributed by atoms with Crippen LogP contribution in [0.1, 0.15) is 204 Å². The van der Waals surface area contributed by atoms with Gasteiger partial charge in [0.25, 0.3) is 0 Å². The molecular formula is C37H70N4. The summed E-state index contributed by atoms with van der Waals surface area (Å²) in [4.78, 5) is 17.5. The minimum Gasteiger partial charge on any atom is -0.345 e. The summed E-state index contributed by atoms with van der Waals surface area (Å²) in [6.07, 6.45) is 8.05. The highest BCUT2D eigenvalue weighted by Gasteiger charge is 2.37. The molecule has 0 spiro atoms. The molecule has 4 heteroatoms. The van der Waals surface area contributed by atoms with Crippen LogP contribution in [0.3, 0.4) is 0 Å². The van der Waals surface area contributed by atoms with Crippen molar-refractivity contribution in [2.45, 2.75) is 202 Å². The summed E-state index contributed by atoms with van der Waals surface area (Å²) in [6, 6.07) is 0. The first-order valence-corrected chi connectivity index (χ1v) is 16.8. The van der Waals surface area contributed by atoms with Crippen LogP contribution >= 0.6 is 0 Å². The Bertz CT molecular complexity index is 1070. The van der Waals surface area contributed by atoms with Gasteiger partial charge in [-0.2, -0.15) is 0 Å². The van der Waals surface area contributed by atoms with E-state index in [1.807, 2.05) is 0 Å². The Kier molecular flexibility index (Phi) is 12.2. The number of rotatable bonds is 11. The van der Waals surface area contributed by atoms with Gasteiger partial charge in [-0.3, -0.25) is 0 Å². The summed E-state index contributed by atoms with van der Waals surface area (Å²) in [5.41, 5.74) is 6.08. The monoisotopic (exact) mass is 571 g/mol. The van der Waals surface area contributed by atoms with E-state index < -0.39 is 0 Å². The highest BCUT2D eigenvalue weighted by Crippen LogP contribution is 2.41. The van der Waals surface area contributed by atoms with Crippen molar-refractivity contribution in [3.63, 3.8) is 0 Å². The minimum absolute atomic E-state index is 0.0672. The van der Waals surface area contributed by atoms with Crippen LogP contribution in [0.25, 0.3) is 0 Å². The molecule has 0 amide bonds. The summed E-state index contributed by atoms with van der Waals surface area (Å²) in [5.74, 6) is 2.25. The van der Waals surface area contributed by atoms with Crippen molar-refractivity contribution >= 4 is 0 Å². The average molecular weight is 571 g/mol. The topological polar surface area (TPSA) is 57.4 Å². The predicted molar refractivity (Wildman–Crippen MR) is 182 cm³/mol. The molecule has 2 N–H and O–H groups in total. The number of imidazole rings is 2. The van der Waals surface area contributed by atoms with Crippen molar-refractivity contribution in [3.05, 3.63) is 34.4 Å². The summed E-state index contributed by atoms with van der Waals surface area (Å²) >= 11 is 0. The summed E-state index contributed by atoms with van der Waals surface area (Å²) in [6.45, 7) is 41.1. The lowest BCUT2D eigenvalue weighted by Crippen LogP contribution is -2.27. The first-order chi connectivity index (χ1) is 18.5. The second-order valence-electron chi connectivity index (χ2n) is 16.5. The van der Waals surface area contributed by atoms with Gasteiger partial charge in [-0.1, -0.05) is 131 Å². The second kappa shape index (κ2) is 13.4. The number of aromatic amines is 2. The lowest BCUT2D eigenvalue weighted by molar-refractivity contribution is 0.395. The molecule has 0 fully saturated rings. The molecule has 2 aromatic heterocycles. The molecule has 0 aliphatic carbocycles. The number of H-pyrrole nitrogens is 2. The van der Waals surface area contributed by atoms with Crippen LogP contribution in [0.15, 0.2) is 0 Å². The predicted octanol–water partition coefficient (Wildman–Crippen LogP) is 11.3. The van der Waals surface area contributed by atoms with Gasteiger partial charge in [0.2, 0.25) is 0 Å². The largest absolute Gasteiger partial charge is 0.345 e. The third kappa shape index (κ3) is 8.50. The van der Waals surface area contributed by atoms with Crippen molar-refractivity contribution < 1.29 is 0 Å². The average Bonchev–Trinajstić information content (AvgIpc) is 3.55. The number of hydrogen-bond donors (Lipinski definition) is 2. The van der Waals surface area contributed by atoms with Crippen molar-refractivity contribution in [2.24, 2.45) is 0 Å². The summed E-state index contributed by atoms with van der Waals surface area (Å²) in [7, 11) is 0. The van der Waals surface area contributed by atoms with Crippen LogP contribution in [0.4, 0.5) is 0 Å². The molecule has 4 nitrogen and oxygen atoms in total. The Morgan fingerprint density at radius 3 is 1.02 bits per heavy atom. The van der Waals surface area contributed by atoms with Gasteiger partial charge in [0.05, 0.1) is 11.4 Å². The molecule has 0 aliphatic rings. The number of aromatic nitrogens is 4. The van der Waals surface area contributed by atoms with E-state index in [0.717, 1.165) is 43.8 Å². The molecule has 0 saturated carbocycles.